The van der Waals surface area contributed by atoms with Gasteiger partial charge >= 0.3 is 6.18 Å². The topological polar surface area (TPSA) is 124 Å². The van der Waals surface area contributed by atoms with Gasteiger partial charge in [-0.05, 0) is 25.7 Å². The van der Waals surface area contributed by atoms with Gasteiger partial charge in [0.05, 0.1) is 6.54 Å². The third kappa shape index (κ3) is 4.27. The smallest absolute Gasteiger partial charge is 0.451 e. The van der Waals surface area contributed by atoms with Crippen molar-refractivity contribution in [1.29, 1.82) is 0 Å². The Balaban J connectivity index is 1.46. The van der Waals surface area contributed by atoms with Gasteiger partial charge in [-0.3, -0.25) is 24.6 Å². The van der Waals surface area contributed by atoms with Crippen LogP contribution in [0.3, 0.4) is 0 Å². The molecular formula is C19H25F3N6O5. The molecule has 11 nitrogen and oxygen atoms in total. The average Bonchev–Trinajstić information content (AvgIpc) is 3.30. The number of aromatic nitrogens is 3. The number of carbonyl (C=O) groups excluding carboxylic acids is 2. The van der Waals surface area contributed by atoms with E-state index in [9.17, 15) is 32.9 Å². The first kappa shape index (κ1) is 23.4. The number of hydrogen-bond acceptors (Lipinski definition) is 8. The van der Waals surface area contributed by atoms with E-state index in [1.165, 1.54) is 4.90 Å². The van der Waals surface area contributed by atoms with Gasteiger partial charge in [0.1, 0.15) is 11.4 Å². The molecular weight excluding hydrogens is 449 g/mol. The summed E-state index contributed by atoms with van der Waals surface area (Å²) in [5.41, 5.74) is -0.981. The summed E-state index contributed by atoms with van der Waals surface area (Å²) in [6, 6.07) is 0.00168. The minimum absolute atomic E-state index is 0.00168. The number of alkyl halides is 3. The van der Waals surface area contributed by atoms with Crippen molar-refractivity contribution in [3.63, 3.8) is 0 Å². The normalized spacial score (nSPS) is 30.8. The summed E-state index contributed by atoms with van der Waals surface area (Å²) in [6.07, 6.45) is -3.66. The molecule has 2 aliphatic heterocycles. The number of carbonyl (C=O) groups is 2. The molecule has 0 bridgehead atoms. The largest absolute Gasteiger partial charge is 0.454 e. The lowest BCUT2D eigenvalue weighted by Crippen LogP contribution is -2.58. The van der Waals surface area contributed by atoms with Gasteiger partial charge in [0.25, 0.3) is 12.4 Å². The van der Waals surface area contributed by atoms with Gasteiger partial charge in [0, 0.05) is 36.5 Å². The number of rotatable bonds is 6. The Bertz CT molecular complexity index is 930. The molecule has 1 saturated carbocycles. The third-order valence-electron chi connectivity index (χ3n) is 7.13. The van der Waals surface area contributed by atoms with Crippen LogP contribution in [0.2, 0.25) is 0 Å². The van der Waals surface area contributed by atoms with Gasteiger partial charge in [-0.2, -0.15) is 13.2 Å². The monoisotopic (exact) mass is 474 g/mol. The molecule has 1 aromatic rings. The first-order valence-corrected chi connectivity index (χ1v) is 10.8. The molecule has 0 spiro atoms. The van der Waals surface area contributed by atoms with Crippen LogP contribution in [0.25, 0.3) is 0 Å². The van der Waals surface area contributed by atoms with Gasteiger partial charge in [0.2, 0.25) is 12.4 Å². The third-order valence-corrected chi connectivity index (χ3v) is 7.13. The Morgan fingerprint density at radius 2 is 1.97 bits per heavy atom. The van der Waals surface area contributed by atoms with Crippen molar-refractivity contribution in [2.24, 2.45) is 5.92 Å². The van der Waals surface area contributed by atoms with E-state index in [1.54, 1.807) is 6.92 Å². The van der Waals surface area contributed by atoms with E-state index in [1.807, 2.05) is 4.90 Å². The number of nitro groups is 1. The molecule has 1 saturated heterocycles. The maximum atomic E-state index is 13.1. The number of halogens is 3. The number of ether oxygens (including phenoxy) is 1. The average molecular weight is 474 g/mol. The summed E-state index contributed by atoms with van der Waals surface area (Å²) >= 11 is 0. The second-order valence-corrected chi connectivity index (χ2v) is 9.09. The molecule has 33 heavy (non-hydrogen) atoms. The Labute approximate surface area is 187 Å². The molecule has 0 radical (unpaired) electrons. The van der Waals surface area contributed by atoms with E-state index in [2.05, 4.69) is 10.2 Å². The zero-order valence-electron chi connectivity index (χ0n) is 18.0. The summed E-state index contributed by atoms with van der Waals surface area (Å²) < 4.78 is 45.3. The van der Waals surface area contributed by atoms with Gasteiger partial charge in [0.15, 0.2) is 6.10 Å². The highest BCUT2D eigenvalue weighted by Gasteiger charge is 2.53. The first-order chi connectivity index (χ1) is 15.6. The molecule has 182 valence electrons. The molecule has 14 heteroatoms. The van der Waals surface area contributed by atoms with Crippen LogP contribution in [-0.4, -0.2) is 79.2 Å². The van der Waals surface area contributed by atoms with Crippen molar-refractivity contribution in [1.82, 2.24) is 24.6 Å². The van der Waals surface area contributed by atoms with Crippen molar-refractivity contribution in [2.45, 2.75) is 69.6 Å². The Morgan fingerprint density at radius 1 is 1.27 bits per heavy atom. The first-order valence-electron chi connectivity index (χ1n) is 10.8. The molecule has 0 aromatic carbocycles. The van der Waals surface area contributed by atoms with Crippen LogP contribution in [0.4, 0.5) is 13.2 Å². The van der Waals surface area contributed by atoms with Crippen molar-refractivity contribution < 1.29 is 32.4 Å². The molecule has 0 N–H and O–H groups in total. The molecule has 2 atom stereocenters. The van der Waals surface area contributed by atoms with Crippen molar-refractivity contribution in [2.75, 3.05) is 19.6 Å². The summed E-state index contributed by atoms with van der Waals surface area (Å²) in [4.78, 5) is 38.3. The second-order valence-electron chi connectivity index (χ2n) is 9.09. The van der Waals surface area contributed by atoms with Crippen LogP contribution >= 0.6 is 0 Å². The minimum atomic E-state index is -4.56. The summed E-state index contributed by atoms with van der Waals surface area (Å²) in [5.74, 6) is -1.45. The van der Waals surface area contributed by atoms with Crippen molar-refractivity contribution in [3.8, 4) is 0 Å². The van der Waals surface area contributed by atoms with Crippen LogP contribution in [0, 0.1) is 16.0 Å². The molecule has 3 aliphatic rings. The van der Waals surface area contributed by atoms with Crippen LogP contribution in [0.15, 0.2) is 0 Å². The zero-order valence-corrected chi connectivity index (χ0v) is 18.0. The Kier molecular flexibility index (Phi) is 6.05. The molecule has 3 heterocycles. The number of likely N-dealkylation sites (tertiary alicyclic amines) is 1. The molecule has 1 aromatic heterocycles. The second kappa shape index (κ2) is 8.54. The number of nitrogens with zero attached hydrogens (tertiary/aromatic N) is 6. The fraction of sp³-hybridized carbons (Fsp3) is 0.789. The number of amides is 1. The predicted molar refractivity (Wildman–Crippen MR) is 104 cm³/mol. The van der Waals surface area contributed by atoms with Crippen LogP contribution in [0.5, 0.6) is 0 Å². The van der Waals surface area contributed by atoms with Crippen LogP contribution in [0.1, 0.15) is 44.3 Å². The maximum Gasteiger partial charge on any atom is 0.451 e. The van der Waals surface area contributed by atoms with Crippen LogP contribution in [-0.2, 0) is 33.6 Å². The predicted octanol–water partition coefficient (Wildman–Crippen LogP) is 1.09. The molecule has 1 aliphatic carbocycles. The van der Waals surface area contributed by atoms with Gasteiger partial charge in [-0.25, -0.2) is 0 Å². The fourth-order valence-electron chi connectivity index (χ4n) is 5.51. The lowest BCUT2D eigenvalue weighted by Gasteiger charge is -2.46. The molecule has 4 rings (SSSR count). The summed E-state index contributed by atoms with van der Waals surface area (Å²) in [5, 5.41) is 18.5. The van der Waals surface area contributed by atoms with E-state index in [4.69, 9.17) is 4.74 Å². The Morgan fingerprint density at radius 3 is 2.58 bits per heavy atom. The van der Waals surface area contributed by atoms with Gasteiger partial charge < -0.3 is 14.2 Å². The lowest BCUT2D eigenvalue weighted by molar-refractivity contribution is -0.496. The lowest BCUT2D eigenvalue weighted by atomic mass is 9.77. The molecule has 2 fully saturated rings. The van der Waals surface area contributed by atoms with Crippen molar-refractivity contribution >= 4 is 12.4 Å². The maximum absolute atomic E-state index is 13.1. The van der Waals surface area contributed by atoms with E-state index < -0.39 is 41.0 Å². The zero-order chi connectivity index (χ0) is 24.0. The highest BCUT2D eigenvalue weighted by atomic mass is 19.4. The standard InChI is InChI=1S/C19H25F3N6O5/c1-12-8-27(16(30)15(12)33-11-29)18(10-28(31)32)4-2-13(3-5-18)25-6-7-26-14(9-25)23-24-17(26)19(20,21)22/h11-13,15H,2-10H2,1H3. The summed E-state index contributed by atoms with van der Waals surface area (Å²) in [6.45, 7) is 2.55. The van der Waals surface area contributed by atoms with E-state index in [-0.39, 0.29) is 43.9 Å². The fourth-order valence-corrected chi connectivity index (χ4v) is 5.51. The Hall–Kier alpha value is -2.77. The van der Waals surface area contributed by atoms with Gasteiger partial charge in [-0.1, -0.05) is 6.92 Å². The quantitative estimate of drug-likeness (QED) is 0.341. The van der Waals surface area contributed by atoms with Gasteiger partial charge in [-0.15, -0.1) is 10.2 Å². The van der Waals surface area contributed by atoms with E-state index in [0.29, 0.717) is 32.2 Å². The molecule has 1 amide bonds. The highest BCUT2D eigenvalue weighted by Crippen LogP contribution is 2.40. The number of hydrogen-bond donors (Lipinski definition) is 0. The number of fused-ring (bicyclic) bond motifs is 1. The molecule has 2 unspecified atom stereocenters. The minimum Gasteiger partial charge on any atom is -0.454 e. The van der Waals surface area contributed by atoms with E-state index >= 15 is 0 Å². The van der Waals surface area contributed by atoms with Crippen LogP contribution < -0.4 is 0 Å². The highest BCUT2D eigenvalue weighted by molar-refractivity contribution is 5.85. The SMILES string of the molecule is CC1CN(C2(C[N+](=O)[O-])CCC(N3CCn4c(nnc4C(F)(F)F)C3)CC2)C(=O)C1OC=O. The van der Waals surface area contributed by atoms with Crippen molar-refractivity contribution in [3.05, 3.63) is 21.8 Å². The van der Waals surface area contributed by atoms with E-state index in [0.717, 1.165) is 4.57 Å². The summed E-state index contributed by atoms with van der Waals surface area (Å²) in [7, 11) is 0.